The molecule has 1 aromatic carbocycles. The fourth-order valence-corrected chi connectivity index (χ4v) is 0.989. The molecule has 0 aliphatic carbocycles. The minimum Gasteiger partial charge on any atom is -0.480 e. The number of terminal acetylenes is 1. The zero-order chi connectivity index (χ0) is 9.68. The number of nitrogens with zero attached hydrogens (tertiary/aromatic N) is 1. The van der Waals surface area contributed by atoms with Gasteiger partial charge in [-0.2, -0.15) is 5.26 Å². The molecule has 2 nitrogen and oxygen atoms in total. The Morgan fingerprint density at radius 1 is 1.54 bits per heavy atom. The predicted molar refractivity (Wildman–Crippen MR) is 50.5 cm³/mol. The fraction of sp³-hybridized carbons (Fsp3) is 0.100. The van der Waals surface area contributed by atoms with E-state index in [2.05, 4.69) is 5.92 Å². The summed E-state index contributed by atoms with van der Waals surface area (Å²) in [6.07, 6.45) is 5.02. The first kappa shape index (κ1) is 9.45. The van der Waals surface area contributed by atoms with Crippen LogP contribution in [0.4, 0.5) is 0 Å². The van der Waals surface area contributed by atoms with Crippen molar-refractivity contribution in [3.63, 3.8) is 0 Å². The number of halogens is 1. The highest BCUT2D eigenvalue weighted by Gasteiger charge is 2.02. The number of hydrogen-bond donors (Lipinski definition) is 0. The first-order valence-electron chi connectivity index (χ1n) is 3.54. The SMILES string of the molecule is C#CCOc1cc(Cl)ccc1C#N. The molecule has 0 bridgehead atoms. The van der Waals surface area contributed by atoms with Crippen LogP contribution in [0.2, 0.25) is 5.02 Å². The van der Waals surface area contributed by atoms with Crippen molar-refractivity contribution in [3.8, 4) is 24.2 Å². The Hall–Kier alpha value is -1.64. The maximum absolute atomic E-state index is 8.68. The second-order valence-corrected chi connectivity index (χ2v) is 2.68. The number of nitriles is 1. The molecule has 0 fully saturated rings. The molecule has 0 radical (unpaired) electrons. The van der Waals surface area contributed by atoms with Crippen LogP contribution in [0.15, 0.2) is 18.2 Å². The zero-order valence-electron chi connectivity index (χ0n) is 6.75. The van der Waals surface area contributed by atoms with Crippen molar-refractivity contribution >= 4 is 11.6 Å². The summed E-state index contributed by atoms with van der Waals surface area (Å²) in [5.74, 6) is 2.74. The number of rotatable bonds is 2. The number of hydrogen-bond acceptors (Lipinski definition) is 2. The first-order valence-corrected chi connectivity index (χ1v) is 3.91. The van der Waals surface area contributed by atoms with E-state index in [0.717, 1.165) is 0 Å². The molecule has 1 aromatic rings. The van der Waals surface area contributed by atoms with E-state index in [1.54, 1.807) is 18.2 Å². The maximum atomic E-state index is 8.68. The Morgan fingerprint density at radius 3 is 2.92 bits per heavy atom. The fourth-order valence-electron chi connectivity index (χ4n) is 0.827. The Balaban J connectivity index is 2.97. The first-order chi connectivity index (χ1) is 6.27. The summed E-state index contributed by atoms with van der Waals surface area (Å²) in [6, 6.07) is 6.77. The summed E-state index contributed by atoms with van der Waals surface area (Å²) in [7, 11) is 0. The molecule has 0 unspecified atom stereocenters. The summed E-state index contributed by atoms with van der Waals surface area (Å²) >= 11 is 5.71. The topological polar surface area (TPSA) is 33.0 Å². The van der Waals surface area contributed by atoms with E-state index >= 15 is 0 Å². The molecule has 0 N–H and O–H groups in total. The molecule has 64 valence electrons. The van der Waals surface area contributed by atoms with Crippen LogP contribution in [0, 0.1) is 23.7 Å². The summed E-state index contributed by atoms with van der Waals surface area (Å²) in [5, 5.41) is 9.20. The van der Waals surface area contributed by atoms with Crippen molar-refractivity contribution < 1.29 is 4.74 Å². The van der Waals surface area contributed by atoms with Crippen molar-refractivity contribution in [2.24, 2.45) is 0 Å². The lowest BCUT2D eigenvalue weighted by molar-refractivity contribution is 0.369. The van der Waals surface area contributed by atoms with Crippen LogP contribution in [0.5, 0.6) is 5.75 Å². The van der Waals surface area contributed by atoms with Crippen LogP contribution in [0.3, 0.4) is 0 Å². The maximum Gasteiger partial charge on any atom is 0.148 e. The van der Waals surface area contributed by atoms with E-state index in [0.29, 0.717) is 16.3 Å². The van der Waals surface area contributed by atoms with Crippen molar-refractivity contribution in [1.82, 2.24) is 0 Å². The van der Waals surface area contributed by atoms with Crippen molar-refractivity contribution in [2.75, 3.05) is 6.61 Å². The van der Waals surface area contributed by atoms with E-state index in [9.17, 15) is 0 Å². The molecule has 0 aliphatic rings. The van der Waals surface area contributed by atoms with Gasteiger partial charge in [-0.1, -0.05) is 17.5 Å². The van der Waals surface area contributed by atoms with Gasteiger partial charge in [-0.25, -0.2) is 0 Å². The Bertz CT molecular complexity index is 387. The van der Waals surface area contributed by atoms with Crippen molar-refractivity contribution in [1.29, 1.82) is 5.26 Å². The molecule has 3 heteroatoms. The minimum atomic E-state index is 0.134. The highest BCUT2D eigenvalue weighted by molar-refractivity contribution is 6.30. The lowest BCUT2D eigenvalue weighted by Gasteiger charge is -2.03. The number of ether oxygens (including phenoxy) is 1. The van der Waals surface area contributed by atoms with E-state index in [4.69, 9.17) is 28.0 Å². The summed E-state index contributed by atoms with van der Waals surface area (Å²) in [5.41, 5.74) is 0.430. The smallest absolute Gasteiger partial charge is 0.148 e. The van der Waals surface area contributed by atoms with Gasteiger partial charge in [0.25, 0.3) is 0 Å². The minimum absolute atomic E-state index is 0.134. The monoisotopic (exact) mass is 191 g/mol. The van der Waals surface area contributed by atoms with Gasteiger partial charge < -0.3 is 4.74 Å². The summed E-state index contributed by atoms with van der Waals surface area (Å²) < 4.78 is 5.11. The van der Waals surface area contributed by atoms with Crippen LogP contribution in [0.25, 0.3) is 0 Å². The molecule has 13 heavy (non-hydrogen) atoms. The highest BCUT2D eigenvalue weighted by Crippen LogP contribution is 2.22. The Kier molecular flexibility index (Phi) is 3.20. The van der Waals surface area contributed by atoms with E-state index < -0.39 is 0 Å². The molecule has 0 heterocycles. The van der Waals surface area contributed by atoms with Gasteiger partial charge in [0, 0.05) is 11.1 Å². The Morgan fingerprint density at radius 2 is 2.31 bits per heavy atom. The van der Waals surface area contributed by atoms with E-state index in [1.807, 2.05) is 6.07 Å². The molecular weight excluding hydrogens is 186 g/mol. The van der Waals surface area contributed by atoms with Crippen LogP contribution >= 0.6 is 11.6 Å². The lowest BCUT2D eigenvalue weighted by Crippen LogP contribution is -1.95. The van der Waals surface area contributed by atoms with Crippen LogP contribution in [-0.4, -0.2) is 6.61 Å². The molecule has 0 atom stereocenters. The molecule has 0 amide bonds. The van der Waals surface area contributed by atoms with Gasteiger partial charge in [-0.15, -0.1) is 6.42 Å². The average molecular weight is 192 g/mol. The third-order valence-corrected chi connectivity index (χ3v) is 1.61. The second kappa shape index (κ2) is 4.40. The lowest BCUT2D eigenvalue weighted by atomic mass is 10.2. The van der Waals surface area contributed by atoms with Crippen LogP contribution in [0.1, 0.15) is 5.56 Å². The third-order valence-electron chi connectivity index (χ3n) is 1.38. The second-order valence-electron chi connectivity index (χ2n) is 2.25. The molecule has 1 rings (SSSR count). The van der Waals surface area contributed by atoms with Crippen molar-refractivity contribution in [3.05, 3.63) is 28.8 Å². The van der Waals surface area contributed by atoms with Gasteiger partial charge >= 0.3 is 0 Å². The normalized spacial score (nSPS) is 8.54. The van der Waals surface area contributed by atoms with Crippen LogP contribution < -0.4 is 4.74 Å². The summed E-state index contributed by atoms with van der Waals surface area (Å²) in [6.45, 7) is 0.134. The van der Waals surface area contributed by atoms with Gasteiger partial charge in [0.1, 0.15) is 18.4 Å². The number of benzene rings is 1. The van der Waals surface area contributed by atoms with Gasteiger partial charge in [-0.3, -0.25) is 0 Å². The third kappa shape index (κ3) is 2.40. The quantitative estimate of drug-likeness (QED) is 0.672. The average Bonchev–Trinajstić information content (AvgIpc) is 2.15. The predicted octanol–water partition coefficient (Wildman–Crippen LogP) is 2.22. The van der Waals surface area contributed by atoms with E-state index in [-0.39, 0.29) is 6.61 Å². The molecule has 0 spiro atoms. The molecule has 0 saturated heterocycles. The molecule has 0 aliphatic heterocycles. The van der Waals surface area contributed by atoms with Gasteiger partial charge in [0.2, 0.25) is 0 Å². The molecule has 0 saturated carbocycles. The van der Waals surface area contributed by atoms with Gasteiger partial charge in [0.15, 0.2) is 0 Å². The van der Waals surface area contributed by atoms with Gasteiger partial charge in [-0.05, 0) is 12.1 Å². The summed E-state index contributed by atoms with van der Waals surface area (Å²) in [4.78, 5) is 0. The van der Waals surface area contributed by atoms with Gasteiger partial charge in [0.05, 0.1) is 5.56 Å². The van der Waals surface area contributed by atoms with Crippen LogP contribution in [-0.2, 0) is 0 Å². The Labute approximate surface area is 81.7 Å². The molecular formula is C10H6ClNO. The highest BCUT2D eigenvalue weighted by atomic mass is 35.5. The standard InChI is InChI=1S/C10H6ClNO/c1-2-5-13-10-6-9(11)4-3-8(10)7-12/h1,3-4,6H,5H2. The largest absolute Gasteiger partial charge is 0.480 e. The van der Waals surface area contributed by atoms with E-state index in [1.165, 1.54) is 0 Å². The molecule has 0 aromatic heterocycles. The van der Waals surface area contributed by atoms with Crippen molar-refractivity contribution in [2.45, 2.75) is 0 Å². The zero-order valence-corrected chi connectivity index (χ0v) is 7.51.